The van der Waals surface area contributed by atoms with Crippen molar-refractivity contribution < 1.29 is 0 Å². The molecule has 4 heteroatoms. The fraction of sp³-hybridized carbons (Fsp3) is 0.357. The van der Waals surface area contributed by atoms with E-state index in [2.05, 4.69) is 35.7 Å². The minimum absolute atomic E-state index is 0.00900. The first-order valence-electron chi connectivity index (χ1n) is 5.91. The van der Waals surface area contributed by atoms with Crippen LogP contribution < -0.4 is 0 Å². The summed E-state index contributed by atoms with van der Waals surface area (Å²) >= 11 is 5.23. The summed E-state index contributed by atoms with van der Waals surface area (Å²) in [5.41, 5.74) is 3.06. The molecule has 3 nitrogen and oxygen atoms in total. The van der Waals surface area contributed by atoms with Gasteiger partial charge in [0.25, 0.3) is 0 Å². The minimum atomic E-state index is 0.00900. The maximum atomic E-state index is 5.23. The SMILES string of the molecule is Cc1ccnc(-c2nc(=S)cc(C(C)(C)C)[nH]2)c1. The average Bonchev–Trinajstić information content (AvgIpc) is 2.27. The topological polar surface area (TPSA) is 41.6 Å². The van der Waals surface area contributed by atoms with Crippen molar-refractivity contribution in [1.82, 2.24) is 15.0 Å². The van der Waals surface area contributed by atoms with Gasteiger partial charge in [0.2, 0.25) is 0 Å². The van der Waals surface area contributed by atoms with Crippen molar-refractivity contribution in [3.8, 4) is 11.5 Å². The van der Waals surface area contributed by atoms with Gasteiger partial charge in [-0.3, -0.25) is 4.98 Å². The predicted octanol–water partition coefficient (Wildman–Crippen LogP) is 3.81. The number of pyridine rings is 1. The Kier molecular flexibility index (Phi) is 3.30. The van der Waals surface area contributed by atoms with Gasteiger partial charge in [-0.15, -0.1) is 0 Å². The molecule has 2 heterocycles. The summed E-state index contributed by atoms with van der Waals surface area (Å²) in [7, 11) is 0. The number of hydrogen-bond acceptors (Lipinski definition) is 3. The number of hydrogen-bond donors (Lipinski definition) is 1. The van der Waals surface area contributed by atoms with Crippen LogP contribution in [-0.2, 0) is 5.41 Å². The van der Waals surface area contributed by atoms with Crippen molar-refractivity contribution >= 4 is 12.2 Å². The number of nitrogens with zero attached hydrogens (tertiary/aromatic N) is 2. The molecule has 0 bridgehead atoms. The van der Waals surface area contributed by atoms with Crippen LogP contribution in [0.4, 0.5) is 0 Å². The summed E-state index contributed by atoms with van der Waals surface area (Å²) in [4.78, 5) is 12.0. The van der Waals surface area contributed by atoms with Crippen LogP contribution in [0, 0.1) is 11.6 Å². The molecule has 2 aromatic heterocycles. The Hall–Kier alpha value is -1.55. The van der Waals surface area contributed by atoms with Crippen molar-refractivity contribution in [3.05, 3.63) is 40.3 Å². The molecule has 2 aromatic rings. The van der Waals surface area contributed by atoms with Crippen LogP contribution in [-0.4, -0.2) is 15.0 Å². The molecular weight excluding hydrogens is 242 g/mol. The van der Waals surface area contributed by atoms with Gasteiger partial charge >= 0.3 is 0 Å². The van der Waals surface area contributed by atoms with Crippen LogP contribution in [0.3, 0.4) is 0 Å². The second-order valence-electron chi connectivity index (χ2n) is 5.45. The number of nitrogens with one attached hydrogen (secondary N) is 1. The Bertz CT molecular complexity index is 623. The fourth-order valence-corrected chi connectivity index (χ4v) is 1.86. The second kappa shape index (κ2) is 4.61. The smallest absolute Gasteiger partial charge is 0.157 e. The van der Waals surface area contributed by atoms with E-state index in [9.17, 15) is 0 Å². The first kappa shape index (κ1) is 12.9. The first-order valence-corrected chi connectivity index (χ1v) is 6.32. The Morgan fingerprint density at radius 2 is 1.94 bits per heavy atom. The molecule has 94 valence electrons. The van der Waals surface area contributed by atoms with Gasteiger partial charge in [0.15, 0.2) is 5.82 Å². The van der Waals surface area contributed by atoms with Crippen molar-refractivity contribution in [2.75, 3.05) is 0 Å². The molecule has 0 saturated heterocycles. The summed E-state index contributed by atoms with van der Waals surface area (Å²) in [5.74, 6) is 0.733. The van der Waals surface area contributed by atoms with Crippen molar-refractivity contribution in [2.24, 2.45) is 0 Å². The van der Waals surface area contributed by atoms with E-state index in [4.69, 9.17) is 12.2 Å². The molecule has 0 aliphatic rings. The maximum Gasteiger partial charge on any atom is 0.157 e. The van der Waals surface area contributed by atoms with Gasteiger partial charge in [0.05, 0.1) is 0 Å². The third kappa shape index (κ3) is 2.82. The largest absolute Gasteiger partial charge is 0.341 e. The molecule has 18 heavy (non-hydrogen) atoms. The molecule has 0 aliphatic heterocycles. The molecule has 0 aliphatic carbocycles. The van der Waals surface area contributed by atoms with E-state index in [1.54, 1.807) is 6.20 Å². The highest BCUT2D eigenvalue weighted by atomic mass is 32.1. The lowest BCUT2D eigenvalue weighted by Gasteiger charge is -2.19. The minimum Gasteiger partial charge on any atom is -0.341 e. The molecule has 0 spiro atoms. The normalized spacial score (nSPS) is 11.6. The monoisotopic (exact) mass is 259 g/mol. The lowest BCUT2D eigenvalue weighted by Crippen LogP contribution is -2.14. The maximum absolute atomic E-state index is 5.23. The molecule has 0 radical (unpaired) electrons. The van der Waals surface area contributed by atoms with Crippen molar-refractivity contribution in [1.29, 1.82) is 0 Å². The van der Waals surface area contributed by atoms with Gasteiger partial charge < -0.3 is 4.98 Å². The van der Waals surface area contributed by atoms with E-state index in [0.29, 0.717) is 4.64 Å². The van der Waals surface area contributed by atoms with E-state index in [0.717, 1.165) is 22.8 Å². The number of H-pyrrole nitrogens is 1. The zero-order valence-corrected chi connectivity index (χ0v) is 11.9. The van der Waals surface area contributed by atoms with Gasteiger partial charge in [0, 0.05) is 17.3 Å². The van der Waals surface area contributed by atoms with Gasteiger partial charge in [-0.1, -0.05) is 33.0 Å². The summed E-state index contributed by atoms with van der Waals surface area (Å²) in [6.07, 6.45) is 1.78. The Morgan fingerprint density at radius 1 is 1.22 bits per heavy atom. The van der Waals surface area contributed by atoms with E-state index in [1.165, 1.54) is 0 Å². The highest BCUT2D eigenvalue weighted by Crippen LogP contribution is 2.22. The van der Waals surface area contributed by atoms with Crippen LogP contribution in [0.1, 0.15) is 32.0 Å². The summed E-state index contributed by atoms with van der Waals surface area (Å²) in [5, 5.41) is 0. The van der Waals surface area contributed by atoms with E-state index >= 15 is 0 Å². The second-order valence-corrected chi connectivity index (χ2v) is 5.87. The Morgan fingerprint density at radius 3 is 2.56 bits per heavy atom. The fourth-order valence-electron chi connectivity index (χ4n) is 1.65. The van der Waals surface area contributed by atoms with Crippen molar-refractivity contribution in [3.63, 3.8) is 0 Å². The lowest BCUT2D eigenvalue weighted by atomic mass is 9.92. The summed E-state index contributed by atoms with van der Waals surface area (Å²) in [6.45, 7) is 8.45. The number of aromatic amines is 1. The standard InChI is InChI=1S/C14H17N3S/c1-9-5-6-15-10(7-9)13-16-11(14(2,3)4)8-12(18)17-13/h5-8H,1-4H3,(H,16,17,18). The quantitative estimate of drug-likeness (QED) is 0.792. The third-order valence-electron chi connectivity index (χ3n) is 2.71. The highest BCUT2D eigenvalue weighted by Gasteiger charge is 2.16. The molecule has 0 saturated carbocycles. The van der Waals surface area contributed by atoms with Crippen LogP contribution in [0.25, 0.3) is 11.5 Å². The third-order valence-corrected chi connectivity index (χ3v) is 2.92. The van der Waals surface area contributed by atoms with Gasteiger partial charge in [-0.25, -0.2) is 4.98 Å². The molecule has 2 rings (SSSR count). The van der Waals surface area contributed by atoms with E-state index in [-0.39, 0.29) is 5.41 Å². The lowest BCUT2D eigenvalue weighted by molar-refractivity contribution is 0.567. The van der Waals surface area contributed by atoms with Crippen LogP contribution in [0.2, 0.25) is 0 Å². The van der Waals surface area contributed by atoms with Crippen LogP contribution >= 0.6 is 12.2 Å². The van der Waals surface area contributed by atoms with Gasteiger partial charge in [-0.2, -0.15) is 0 Å². The Labute approximate surface area is 112 Å². The Balaban J connectivity index is 2.59. The first-order chi connectivity index (χ1) is 8.36. The number of aryl methyl sites for hydroxylation is 1. The average molecular weight is 259 g/mol. The molecule has 0 amide bonds. The summed E-state index contributed by atoms with van der Waals surface area (Å²) < 4.78 is 0.594. The molecule has 0 unspecified atom stereocenters. The zero-order chi connectivity index (χ0) is 13.3. The molecule has 0 aromatic carbocycles. The number of rotatable bonds is 1. The molecule has 1 N–H and O–H groups in total. The zero-order valence-electron chi connectivity index (χ0n) is 11.1. The van der Waals surface area contributed by atoms with E-state index < -0.39 is 0 Å². The van der Waals surface area contributed by atoms with Gasteiger partial charge in [-0.05, 0) is 30.7 Å². The van der Waals surface area contributed by atoms with E-state index in [1.807, 2.05) is 25.1 Å². The molecule has 0 atom stereocenters. The highest BCUT2D eigenvalue weighted by molar-refractivity contribution is 7.71. The van der Waals surface area contributed by atoms with Crippen LogP contribution in [0.15, 0.2) is 24.4 Å². The predicted molar refractivity (Wildman–Crippen MR) is 76.1 cm³/mol. The molecular formula is C14H17N3S. The summed E-state index contributed by atoms with van der Waals surface area (Å²) in [6, 6.07) is 5.88. The molecule has 0 fully saturated rings. The number of aromatic nitrogens is 3. The van der Waals surface area contributed by atoms with Crippen LogP contribution in [0.5, 0.6) is 0 Å². The van der Waals surface area contributed by atoms with Gasteiger partial charge in [0.1, 0.15) is 10.3 Å². The van der Waals surface area contributed by atoms with Crippen molar-refractivity contribution in [2.45, 2.75) is 33.1 Å².